The number of aryl methyl sites for hydroxylation is 1. The number of thiazole rings is 1. The maximum Gasteiger partial charge on any atom is 0.228 e. The number of nitrogens with one attached hydrogen (secondary N) is 1. The molecule has 0 radical (unpaired) electrons. The van der Waals surface area contributed by atoms with Crippen molar-refractivity contribution in [2.75, 3.05) is 44.3 Å². The Kier molecular flexibility index (Phi) is 7.00. The van der Waals surface area contributed by atoms with Crippen LogP contribution in [-0.2, 0) is 16.0 Å². The average molecular weight is 377 g/mol. The molecule has 1 aliphatic rings. The Morgan fingerprint density at radius 1 is 1.31 bits per heavy atom. The van der Waals surface area contributed by atoms with Gasteiger partial charge in [-0.3, -0.25) is 9.69 Å². The molecule has 1 aromatic heterocycles. The second kappa shape index (κ2) is 9.44. The number of benzene rings is 1. The fourth-order valence-corrected chi connectivity index (χ4v) is 4.44. The van der Waals surface area contributed by atoms with E-state index in [9.17, 15) is 4.79 Å². The first-order valence-corrected chi connectivity index (χ1v) is 10.6. The summed E-state index contributed by atoms with van der Waals surface area (Å²) in [5.74, 6) is 0.194. The van der Waals surface area contributed by atoms with Gasteiger partial charge >= 0.3 is 0 Å². The van der Waals surface area contributed by atoms with Crippen LogP contribution in [0.25, 0.3) is 10.2 Å². The Balaban J connectivity index is 1.71. The second-order valence-electron chi connectivity index (χ2n) is 6.91. The number of amides is 1. The molecular formula is C20H30N3O2S+. The van der Waals surface area contributed by atoms with Gasteiger partial charge in [0.1, 0.15) is 13.1 Å². The molecule has 2 heterocycles. The van der Waals surface area contributed by atoms with E-state index in [1.54, 1.807) is 16.2 Å². The van der Waals surface area contributed by atoms with Gasteiger partial charge in [0.05, 0.1) is 30.0 Å². The quantitative estimate of drug-likeness (QED) is 0.769. The number of anilines is 1. The largest absolute Gasteiger partial charge is 0.370 e. The highest BCUT2D eigenvalue weighted by atomic mass is 32.1. The monoisotopic (exact) mass is 376 g/mol. The first-order chi connectivity index (χ1) is 12.7. The van der Waals surface area contributed by atoms with Gasteiger partial charge in [0.25, 0.3) is 0 Å². The molecule has 1 aliphatic heterocycles. The maximum atomic E-state index is 12.7. The molecule has 0 unspecified atom stereocenters. The number of hydrogen-bond donors (Lipinski definition) is 1. The second-order valence-corrected chi connectivity index (χ2v) is 7.92. The van der Waals surface area contributed by atoms with Crippen molar-refractivity contribution in [3.05, 3.63) is 23.8 Å². The van der Waals surface area contributed by atoms with Crippen molar-refractivity contribution in [2.24, 2.45) is 0 Å². The lowest BCUT2D eigenvalue weighted by Crippen LogP contribution is -3.14. The number of carbonyl (C=O) groups is 1. The minimum Gasteiger partial charge on any atom is -0.370 e. The van der Waals surface area contributed by atoms with Gasteiger partial charge in [0, 0.05) is 19.4 Å². The summed E-state index contributed by atoms with van der Waals surface area (Å²) in [6.07, 6.45) is 3.47. The number of aromatic nitrogens is 1. The number of quaternary nitrogens is 1. The van der Waals surface area contributed by atoms with Crippen molar-refractivity contribution in [2.45, 2.75) is 39.5 Å². The number of nitrogens with zero attached hydrogens (tertiary/aromatic N) is 2. The van der Waals surface area contributed by atoms with Crippen LogP contribution >= 0.6 is 11.3 Å². The molecule has 1 aromatic carbocycles. The maximum absolute atomic E-state index is 12.7. The van der Waals surface area contributed by atoms with Crippen molar-refractivity contribution in [3.63, 3.8) is 0 Å². The van der Waals surface area contributed by atoms with Crippen molar-refractivity contribution in [1.82, 2.24) is 4.98 Å². The van der Waals surface area contributed by atoms with Crippen LogP contribution in [-0.4, -0.2) is 50.3 Å². The summed E-state index contributed by atoms with van der Waals surface area (Å²) in [4.78, 5) is 20.9. The standard InChI is InChI=1S/C20H29N3O2S/c1-3-6-19(24)23(10-5-9-22-11-13-25-14-12-22)20-21-17-8-7-16(4-2)15-18(17)26-20/h7-8,15H,3-6,9-14H2,1-2H3/p+1. The molecule has 1 N–H and O–H groups in total. The Morgan fingerprint density at radius 2 is 2.12 bits per heavy atom. The molecule has 0 atom stereocenters. The van der Waals surface area contributed by atoms with E-state index in [-0.39, 0.29) is 5.91 Å². The van der Waals surface area contributed by atoms with Crippen LogP contribution in [0.15, 0.2) is 18.2 Å². The molecule has 0 saturated carbocycles. The van der Waals surface area contributed by atoms with E-state index in [4.69, 9.17) is 9.72 Å². The van der Waals surface area contributed by atoms with Crippen LogP contribution in [0.5, 0.6) is 0 Å². The zero-order valence-corrected chi connectivity index (χ0v) is 16.7. The van der Waals surface area contributed by atoms with Gasteiger partial charge in [-0.25, -0.2) is 4.98 Å². The fraction of sp³-hybridized carbons (Fsp3) is 0.600. The minimum absolute atomic E-state index is 0.194. The molecule has 0 bridgehead atoms. The van der Waals surface area contributed by atoms with E-state index in [0.717, 1.165) is 69.3 Å². The molecule has 1 fully saturated rings. The van der Waals surface area contributed by atoms with Gasteiger partial charge < -0.3 is 9.64 Å². The predicted octanol–water partition coefficient (Wildman–Crippen LogP) is 2.30. The van der Waals surface area contributed by atoms with Gasteiger partial charge in [-0.05, 0) is 30.5 Å². The minimum atomic E-state index is 0.194. The topological polar surface area (TPSA) is 46.9 Å². The van der Waals surface area contributed by atoms with Crippen LogP contribution in [0.4, 0.5) is 5.13 Å². The molecule has 1 saturated heterocycles. The number of ether oxygens (including phenoxy) is 1. The SMILES string of the molecule is CCCC(=O)N(CCC[NH+]1CCOCC1)c1nc2ccc(CC)cc2s1. The normalized spacial score (nSPS) is 15.5. The number of fused-ring (bicyclic) bond motifs is 1. The van der Waals surface area contributed by atoms with Gasteiger partial charge in [0.15, 0.2) is 5.13 Å². The van der Waals surface area contributed by atoms with Crippen LogP contribution in [0.2, 0.25) is 0 Å². The predicted molar refractivity (Wildman–Crippen MR) is 107 cm³/mol. The van der Waals surface area contributed by atoms with Gasteiger partial charge in [0.2, 0.25) is 5.91 Å². The lowest BCUT2D eigenvalue weighted by molar-refractivity contribution is -0.908. The summed E-state index contributed by atoms with van der Waals surface area (Å²) in [6.45, 7) is 9.91. The number of carbonyl (C=O) groups excluding carboxylic acids is 1. The molecular weight excluding hydrogens is 346 g/mol. The Labute approximate surface area is 160 Å². The molecule has 0 spiro atoms. The van der Waals surface area contributed by atoms with Crippen LogP contribution in [0, 0.1) is 0 Å². The molecule has 26 heavy (non-hydrogen) atoms. The van der Waals surface area contributed by atoms with Gasteiger partial charge in [-0.1, -0.05) is 31.3 Å². The summed E-state index contributed by atoms with van der Waals surface area (Å²) in [6, 6.07) is 6.41. The van der Waals surface area contributed by atoms with Crippen molar-refractivity contribution in [1.29, 1.82) is 0 Å². The molecule has 6 heteroatoms. The Morgan fingerprint density at radius 3 is 2.85 bits per heavy atom. The van der Waals surface area contributed by atoms with Crippen LogP contribution in [0.3, 0.4) is 0 Å². The third kappa shape index (κ3) is 4.81. The summed E-state index contributed by atoms with van der Waals surface area (Å²) >= 11 is 1.64. The first kappa shape index (κ1) is 19.3. The summed E-state index contributed by atoms with van der Waals surface area (Å²) < 4.78 is 6.60. The highest BCUT2D eigenvalue weighted by molar-refractivity contribution is 7.22. The smallest absolute Gasteiger partial charge is 0.228 e. The van der Waals surface area contributed by atoms with E-state index >= 15 is 0 Å². The molecule has 142 valence electrons. The zero-order valence-electron chi connectivity index (χ0n) is 15.9. The summed E-state index contributed by atoms with van der Waals surface area (Å²) in [5, 5.41) is 0.851. The van der Waals surface area contributed by atoms with E-state index in [1.165, 1.54) is 10.3 Å². The highest BCUT2D eigenvalue weighted by Gasteiger charge is 2.20. The molecule has 1 amide bonds. The zero-order chi connectivity index (χ0) is 18.4. The third-order valence-corrected chi connectivity index (χ3v) is 6.00. The van der Waals surface area contributed by atoms with Crippen molar-refractivity contribution < 1.29 is 14.4 Å². The Hall–Kier alpha value is -1.50. The average Bonchev–Trinajstić information content (AvgIpc) is 3.08. The summed E-state index contributed by atoms with van der Waals surface area (Å²) in [5.41, 5.74) is 2.31. The first-order valence-electron chi connectivity index (χ1n) is 9.82. The van der Waals surface area contributed by atoms with E-state index in [2.05, 4.69) is 32.0 Å². The van der Waals surface area contributed by atoms with E-state index in [0.29, 0.717) is 6.42 Å². The van der Waals surface area contributed by atoms with E-state index in [1.807, 2.05) is 4.90 Å². The number of morpholine rings is 1. The Bertz CT molecular complexity index is 725. The fourth-order valence-electron chi connectivity index (χ4n) is 3.37. The summed E-state index contributed by atoms with van der Waals surface area (Å²) in [7, 11) is 0. The molecule has 5 nitrogen and oxygen atoms in total. The van der Waals surface area contributed by atoms with Gasteiger partial charge in [-0.15, -0.1) is 0 Å². The van der Waals surface area contributed by atoms with Crippen LogP contribution < -0.4 is 9.80 Å². The van der Waals surface area contributed by atoms with Crippen molar-refractivity contribution >= 4 is 32.6 Å². The third-order valence-electron chi connectivity index (χ3n) is 4.96. The molecule has 0 aliphatic carbocycles. The van der Waals surface area contributed by atoms with Crippen molar-refractivity contribution in [3.8, 4) is 0 Å². The molecule has 2 aromatic rings. The lowest BCUT2D eigenvalue weighted by Gasteiger charge is -2.25. The number of rotatable bonds is 8. The lowest BCUT2D eigenvalue weighted by atomic mass is 10.2. The van der Waals surface area contributed by atoms with Crippen LogP contribution in [0.1, 0.15) is 38.7 Å². The van der Waals surface area contributed by atoms with Gasteiger partial charge in [-0.2, -0.15) is 0 Å². The van der Waals surface area contributed by atoms with E-state index < -0.39 is 0 Å². The number of hydrogen-bond acceptors (Lipinski definition) is 4. The highest BCUT2D eigenvalue weighted by Crippen LogP contribution is 2.30. The molecule has 3 rings (SSSR count).